The Kier molecular flexibility index (Phi) is 7.32. The molecule has 4 rings (SSSR count). The first kappa shape index (κ1) is 24.0. The lowest BCUT2D eigenvalue weighted by atomic mass is 9.90. The Bertz CT molecular complexity index is 1240. The van der Waals surface area contributed by atoms with Gasteiger partial charge in [-0.1, -0.05) is 37.3 Å². The molecule has 0 fully saturated rings. The van der Waals surface area contributed by atoms with E-state index < -0.39 is 0 Å². The molecule has 7 heteroatoms. The molecule has 0 bridgehead atoms. The van der Waals surface area contributed by atoms with E-state index in [2.05, 4.69) is 16.2 Å². The second-order valence-electron chi connectivity index (χ2n) is 8.40. The van der Waals surface area contributed by atoms with Crippen molar-refractivity contribution in [2.24, 2.45) is 0 Å². The largest absolute Gasteiger partial charge is 0.493 e. The van der Waals surface area contributed by atoms with Gasteiger partial charge in [-0.3, -0.25) is 9.59 Å². The molecule has 178 valence electrons. The van der Waals surface area contributed by atoms with Gasteiger partial charge in [0, 0.05) is 23.9 Å². The summed E-state index contributed by atoms with van der Waals surface area (Å²) in [7, 11) is 1.62. The number of methoxy groups -OCH3 is 1. The molecule has 0 saturated carbocycles. The minimum Gasteiger partial charge on any atom is -0.493 e. The zero-order valence-electron chi connectivity index (χ0n) is 20.1. The molecule has 6 nitrogen and oxygen atoms in total. The Morgan fingerprint density at radius 1 is 1.15 bits per heavy atom. The molecule has 0 spiro atoms. The van der Waals surface area contributed by atoms with Gasteiger partial charge in [-0.25, -0.2) is 0 Å². The van der Waals surface area contributed by atoms with Gasteiger partial charge in [0.15, 0.2) is 16.9 Å². The smallest absolute Gasteiger partial charge is 0.297 e. The van der Waals surface area contributed by atoms with Gasteiger partial charge in [0.25, 0.3) is 5.91 Å². The van der Waals surface area contributed by atoms with Crippen LogP contribution in [-0.4, -0.2) is 29.6 Å². The Morgan fingerprint density at radius 2 is 1.91 bits per heavy atom. The van der Waals surface area contributed by atoms with Crippen LogP contribution >= 0.6 is 0 Å². The number of nitrogens with zero attached hydrogens (tertiary/aromatic N) is 1. The quantitative estimate of drug-likeness (QED) is 0.482. The van der Waals surface area contributed by atoms with Crippen LogP contribution in [0.4, 0.5) is 0 Å². The first-order valence-corrected chi connectivity index (χ1v) is 13.3. The van der Waals surface area contributed by atoms with Gasteiger partial charge in [0.05, 0.1) is 23.9 Å². The summed E-state index contributed by atoms with van der Waals surface area (Å²) < 4.78 is 16.8. The van der Waals surface area contributed by atoms with Crippen molar-refractivity contribution >= 4 is 17.0 Å². The van der Waals surface area contributed by atoms with Crippen LogP contribution in [0.5, 0.6) is 11.5 Å². The number of nitrogens with one attached hydrogen (secondary N) is 1. The molecule has 34 heavy (non-hydrogen) atoms. The highest BCUT2D eigenvalue weighted by molar-refractivity contribution is 7.94. The van der Waals surface area contributed by atoms with E-state index in [-0.39, 0.29) is 34.0 Å². The highest BCUT2D eigenvalue weighted by atomic mass is 32.2. The summed E-state index contributed by atoms with van der Waals surface area (Å²) in [6.45, 7) is 4.57. The number of amides is 1. The predicted molar refractivity (Wildman–Crippen MR) is 138 cm³/mol. The third-order valence-corrected chi connectivity index (χ3v) is 7.65. The van der Waals surface area contributed by atoms with Crippen LogP contribution in [0.3, 0.4) is 0 Å². The number of fused-ring (bicyclic) bond motifs is 3. The van der Waals surface area contributed by atoms with Gasteiger partial charge in [0.1, 0.15) is 24.2 Å². The molecule has 2 atom stereocenters. The van der Waals surface area contributed by atoms with Gasteiger partial charge < -0.3 is 14.0 Å². The summed E-state index contributed by atoms with van der Waals surface area (Å²) in [5.74, 6) is 1.82. The fourth-order valence-corrected chi connectivity index (χ4v) is 4.80. The molecular formula is C27H31N2O4S+. The van der Waals surface area contributed by atoms with Gasteiger partial charge in [-0.05, 0) is 43.0 Å². The molecule has 1 aliphatic rings. The van der Waals surface area contributed by atoms with Crippen LogP contribution in [0.1, 0.15) is 47.8 Å². The molecule has 1 aromatic heterocycles. The number of carbonyl (C=O) groups is 1. The van der Waals surface area contributed by atoms with E-state index in [1.165, 1.54) is 0 Å². The molecule has 0 radical (unpaired) electrons. The molecular weight excluding hydrogens is 448 g/mol. The SMILES string of the molecule is CCC1Cc2cc(OCc3ccccc3)c(OC)cc2-c2cc(=O)c(C(=O)N[S+](C)CC)cn21. The normalized spacial score (nSPS) is 15.1. The van der Waals surface area contributed by atoms with Crippen molar-refractivity contribution in [2.45, 2.75) is 39.3 Å². The zero-order valence-corrected chi connectivity index (χ0v) is 20.9. The fourth-order valence-electron chi connectivity index (χ4n) is 4.23. The maximum absolute atomic E-state index is 13.0. The van der Waals surface area contributed by atoms with Crippen LogP contribution in [0.25, 0.3) is 11.3 Å². The van der Waals surface area contributed by atoms with E-state index in [0.717, 1.165) is 41.0 Å². The van der Waals surface area contributed by atoms with E-state index in [0.29, 0.717) is 18.1 Å². The number of rotatable bonds is 8. The molecule has 2 aromatic carbocycles. The van der Waals surface area contributed by atoms with Gasteiger partial charge in [-0.2, -0.15) is 4.72 Å². The Hall–Kier alpha value is -3.19. The molecule has 0 aliphatic carbocycles. The van der Waals surface area contributed by atoms with Crippen molar-refractivity contribution < 1.29 is 14.3 Å². The number of ether oxygens (including phenoxy) is 2. The predicted octanol–water partition coefficient (Wildman–Crippen LogP) is 4.52. The summed E-state index contributed by atoms with van der Waals surface area (Å²) in [5, 5.41) is 0. The van der Waals surface area contributed by atoms with Crippen molar-refractivity contribution in [1.82, 2.24) is 9.29 Å². The first-order valence-electron chi connectivity index (χ1n) is 11.5. The maximum atomic E-state index is 13.0. The number of hydrogen-bond donors (Lipinski definition) is 1. The van der Waals surface area contributed by atoms with Crippen molar-refractivity contribution in [3.63, 3.8) is 0 Å². The van der Waals surface area contributed by atoms with E-state index in [1.807, 2.05) is 55.6 Å². The Labute approximate surface area is 203 Å². The minimum absolute atomic E-state index is 0.135. The monoisotopic (exact) mass is 479 g/mol. The second-order valence-corrected chi connectivity index (χ2v) is 10.5. The molecule has 1 amide bonds. The third-order valence-electron chi connectivity index (χ3n) is 6.25. The lowest BCUT2D eigenvalue weighted by Gasteiger charge is -2.31. The molecule has 1 N–H and O–H groups in total. The Balaban J connectivity index is 1.73. The second kappa shape index (κ2) is 10.4. The average molecular weight is 480 g/mol. The standard InChI is InChI=1S/C27H30N2O4S/c1-5-20-12-19-13-26(33-17-18-10-8-7-9-11-18)25(32-3)14-21(19)23-15-24(30)22(16-29(20)23)27(31)28-34(4)6-2/h7-11,13-16,20H,5-6,12,17H2,1-4H3/p+1. The highest BCUT2D eigenvalue weighted by Gasteiger charge is 2.28. The summed E-state index contributed by atoms with van der Waals surface area (Å²) in [5.41, 5.74) is 3.83. The molecule has 1 aliphatic heterocycles. The van der Waals surface area contributed by atoms with Gasteiger partial charge in [0.2, 0.25) is 0 Å². The third kappa shape index (κ3) is 4.85. The fraction of sp³-hybridized carbons (Fsp3) is 0.333. The van der Waals surface area contributed by atoms with Crippen LogP contribution < -0.4 is 19.6 Å². The van der Waals surface area contributed by atoms with Gasteiger partial charge in [-0.15, -0.1) is 0 Å². The number of carbonyl (C=O) groups excluding carboxylic acids is 1. The topological polar surface area (TPSA) is 69.6 Å². The van der Waals surface area contributed by atoms with Crippen LogP contribution in [0.2, 0.25) is 0 Å². The number of hydrogen-bond acceptors (Lipinski definition) is 4. The molecule has 2 heterocycles. The van der Waals surface area contributed by atoms with E-state index >= 15 is 0 Å². The van der Waals surface area contributed by atoms with Crippen molar-refractivity contribution in [3.8, 4) is 22.8 Å². The molecule has 3 aromatic rings. The zero-order chi connectivity index (χ0) is 24.2. The summed E-state index contributed by atoms with van der Waals surface area (Å²) in [6.07, 6.45) is 5.34. The van der Waals surface area contributed by atoms with Crippen LogP contribution in [-0.2, 0) is 24.1 Å². The Morgan fingerprint density at radius 3 is 2.59 bits per heavy atom. The van der Waals surface area contributed by atoms with Crippen LogP contribution in [0.15, 0.2) is 59.5 Å². The average Bonchev–Trinajstić information content (AvgIpc) is 2.86. The van der Waals surface area contributed by atoms with E-state index in [9.17, 15) is 9.59 Å². The highest BCUT2D eigenvalue weighted by Crippen LogP contribution is 2.41. The number of pyridine rings is 1. The summed E-state index contributed by atoms with van der Waals surface area (Å²) in [4.78, 5) is 25.7. The van der Waals surface area contributed by atoms with Crippen molar-refractivity contribution in [1.29, 1.82) is 0 Å². The first-order chi connectivity index (χ1) is 16.4. The van der Waals surface area contributed by atoms with Crippen molar-refractivity contribution in [2.75, 3.05) is 19.1 Å². The lowest BCUT2D eigenvalue weighted by Crippen LogP contribution is -2.35. The van der Waals surface area contributed by atoms with Crippen molar-refractivity contribution in [3.05, 3.63) is 81.6 Å². The number of benzene rings is 2. The number of aromatic nitrogens is 1. The summed E-state index contributed by atoms with van der Waals surface area (Å²) >= 11 is -0.266. The molecule has 2 unspecified atom stereocenters. The van der Waals surface area contributed by atoms with Gasteiger partial charge >= 0.3 is 0 Å². The van der Waals surface area contributed by atoms with E-state index in [4.69, 9.17) is 9.47 Å². The maximum Gasteiger partial charge on any atom is 0.297 e. The lowest BCUT2D eigenvalue weighted by molar-refractivity contribution is 0.0981. The molecule has 0 saturated heterocycles. The minimum atomic E-state index is -0.309. The van der Waals surface area contributed by atoms with Crippen LogP contribution in [0, 0.1) is 0 Å². The van der Waals surface area contributed by atoms with E-state index in [1.54, 1.807) is 19.4 Å². The summed E-state index contributed by atoms with van der Waals surface area (Å²) in [6, 6.07) is 15.7.